The third-order valence-electron chi connectivity index (χ3n) is 3.88. The SMILES string of the molecule is NC(=O)C[C@H]1C(=O)N(c2ccccc2)C(=S)N1NC(=O)c1ccccc1. The van der Waals surface area contributed by atoms with Crippen LogP contribution in [0.3, 0.4) is 0 Å². The zero-order valence-corrected chi connectivity index (χ0v) is 14.5. The number of rotatable bonds is 5. The van der Waals surface area contributed by atoms with Gasteiger partial charge in [-0.15, -0.1) is 0 Å². The van der Waals surface area contributed by atoms with Gasteiger partial charge < -0.3 is 5.73 Å². The Morgan fingerprint density at radius 3 is 2.19 bits per heavy atom. The Balaban J connectivity index is 1.90. The van der Waals surface area contributed by atoms with Gasteiger partial charge in [-0.2, -0.15) is 0 Å². The highest BCUT2D eigenvalue weighted by molar-refractivity contribution is 7.80. The van der Waals surface area contributed by atoms with Crippen LogP contribution in [0.5, 0.6) is 0 Å². The van der Waals surface area contributed by atoms with E-state index in [1.165, 1.54) is 9.91 Å². The molecule has 8 heteroatoms. The van der Waals surface area contributed by atoms with Gasteiger partial charge in [-0.3, -0.25) is 24.7 Å². The Morgan fingerprint density at radius 1 is 1.04 bits per heavy atom. The molecule has 0 aromatic heterocycles. The number of hydrogen-bond acceptors (Lipinski definition) is 4. The molecule has 3 amide bonds. The molecule has 0 radical (unpaired) electrons. The minimum atomic E-state index is -0.993. The van der Waals surface area contributed by atoms with Gasteiger partial charge in [0.2, 0.25) is 11.0 Å². The van der Waals surface area contributed by atoms with Crippen LogP contribution in [-0.4, -0.2) is 33.9 Å². The molecule has 26 heavy (non-hydrogen) atoms. The van der Waals surface area contributed by atoms with Gasteiger partial charge in [-0.1, -0.05) is 36.4 Å². The number of anilines is 1. The van der Waals surface area contributed by atoms with Gasteiger partial charge >= 0.3 is 0 Å². The van der Waals surface area contributed by atoms with Gasteiger partial charge in [0, 0.05) is 5.56 Å². The average molecular weight is 368 g/mol. The van der Waals surface area contributed by atoms with E-state index >= 15 is 0 Å². The van der Waals surface area contributed by atoms with Crippen molar-refractivity contribution in [2.24, 2.45) is 5.73 Å². The quantitative estimate of drug-likeness (QED) is 0.774. The largest absolute Gasteiger partial charge is 0.370 e. The average Bonchev–Trinajstić information content (AvgIpc) is 2.86. The Morgan fingerprint density at radius 2 is 1.62 bits per heavy atom. The van der Waals surface area contributed by atoms with Crippen molar-refractivity contribution in [3.05, 3.63) is 66.2 Å². The van der Waals surface area contributed by atoms with Crippen molar-refractivity contribution < 1.29 is 14.4 Å². The van der Waals surface area contributed by atoms with Crippen molar-refractivity contribution in [2.45, 2.75) is 12.5 Å². The fraction of sp³-hybridized carbons (Fsp3) is 0.111. The number of hydrogen-bond donors (Lipinski definition) is 2. The van der Waals surface area contributed by atoms with Crippen LogP contribution in [0.2, 0.25) is 0 Å². The molecule has 0 aliphatic carbocycles. The van der Waals surface area contributed by atoms with Gasteiger partial charge in [0.1, 0.15) is 6.04 Å². The molecule has 0 unspecified atom stereocenters. The summed E-state index contributed by atoms with van der Waals surface area (Å²) >= 11 is 5.38. The fourth-order valence-electron chi connectivity index (χ4n) is 2.67. The predicted molar refractivity (Wildman–Crippen MR) is 99.9 cm³/mol. The number of carbonyl (C=O) groups excluding carboxylic acids is 3. The van der Waals surface area contributed by atoms with Gasteiger partial charge in [-0.05, 0) is 36.5 Å². The molecule has 3 rings (SSSR count). The Bertz CT molecular complexity index is 857. The number of hydrazine groups is 1. The summed E-state index contributed by atoms with van der Waals surface area (Å²) in [5.41, 5.74) is 8.84. The maximum atomic E-state index is 12.8. The molecule has 1 heterocycles. The van der Waals surface area contributed by atoms with Gasteiger partial charge in [-0.25, -0.2) is 5.01 Å². The summed E-state index contributed by atoms with van der Waals surface area (Å²) in [7, 11) is 0. The second-order valence-corrected chi connectivity index (χ2v) is 6.02. The lowest BCUT2D eigenvalue weighted by molar-refractivity contribution is -0.125. The Labute approximate surface area is 155 Å². The number of nitrogens with one attached hydrogen (secondary N) is 1. The van der Waals surface area contributed by atoms with Crippen molar-refractivity contribution in [1.82, 2.24) is 10.4 Å². The zero-order valence-electron chi connectivity index (χ0n) is 13.7. The molecule has 1 saturated heterocycles. The van der Waals surface area contributed by atoms with Crippen molar-refractivity contribution >= 4 is 40.7 Å². The van der Waals surface area contributed by atoms with E-state index in [-0.39, 0.29) is 11.5 Å². The molecular weight excluding hydrogens is 352 g/mol. The van der Waals surface area contributed by atoms with Crippen LogP contribution in [0.15, 0.2) is 60.7 Å². The lowest BCUT2D eigenvalue weighted by Crippen LogP contribution is -2.49. The van der Waals surface area contributed by atoms with Gasteiger partial charge in [0.25, 0.3) is 11.8 Å². The van der Waals surface area contributed by atoms with E-state index < -0.39 is 23.8 Å². The molecule has 132 valence electrons. The summed E-state index contributed by atoms with van der Waals surface area (Å²) in [5.74, 6) is -1.53. The number of thiocarbonyl (C=S) groups is 1. The third kappa shape index (κ3) is 3.40. The molecule has 0 saturated carbocycles. The lowest BCUT2D eigenvalue weighted by atomic mass is 10.2. The first-order chi connectivity index (χ1) is 12.5. The molecule has 7 nitrogen and oxygen atoms in total. The van der Waals surface area contributed by atoms with Gasteiger partial charge in [0.05, 0.1) is 12.1 Å². The molecule has 1 fully saturated rings. The minimum absolute atomic E-state index is 0.0803. The van der Waals surface area contributed by atoms with Crippen LogP contribution < -0.4 is 16.1 Å². The van der Waals surface area contributed by atoms with Crippen LogP contribution in [0.25, 0.3) is 0 Å². The molecule has 2 aromatic rings. The normalized spacial score (nSPS) is 16.7. The summed E-state index contributed by atoms with van der Waals surface area (Å²) in [4.78, 5) is 38.0. The van der Waals surface area contributed by atoms with Crippen LogP contribution in [0.1, 0.15) is 16.8 Å². The smallest absolute Gasteiger partial charge is 0.269 e. The number of carbonyl (C=O) groups is 3. The molecule has 0 spiro atoms. The van der Waals surface area contributed by atoms with Crippen LogP contribution in [-0.2, 0) is 9.59 Å². The standard InChI is InChI=1S/C18H16N4O3S/c19-15(23)11-14-17(25)21(13-9-5-2-6-10-13)18(26)22(14)20-16(24)12-7-3-1-4-8-12/h1-10,14H,11H2,(H2,19,23)(H,20,24)/t14-/m0/s1. The minimum Gasteiger partial charge on any atom is -0.370 e. The Hall–Kier alpha value is -3.26. The highest BCUT2D eigenvalue weighted by Gasteiger charge is 2.45. The number of amides is 3. The monoisotopic (exact) mass is 368 g/mol. The lowest BCUT2D eigenvalue weighted by Gasteiger charge is -2.24. The summed E-state index contributed by atoms with van der Waals surface area (Å²) in [6.45, 7) is 0. The third-order valence-corrected chi connectivity index (χ3v) is 4.26. The van der Waals surface area contributed by atoms with Crippen LogP contribution in [0, 0.1) is 0 Å². The van der Waals surface area contributed by atoms with E-state index in [9.17, 15) is 14.4 Å². The van der Waals surface area contributed by atoms with Crippen LogP contribution in [0.4, 0.5) is 5.69 Å². The molecule has 2 aromatic carbocycles. The number of benzene rings is 2. The van der Waals surface area contributed by atoms with E-state index in [1.54, 1.807) is 54.6 Å². The van der Waals surface area contributed by atoms with E-state index in [4.69, 9.17) is 18.0 Å². The maximum absolute atomic E-state index is 12.8. The zero-order chi connectivity index (χ0) is 18.7. The second kappa shape index (κ2) is 7.32. The summed E-state index contributed by atoms with van der Waals surface area (Å²) in [6.07, 6.45) is -0.266. The van der Waals surface area contributed by atoms with Gasteiger partial charge in [0.15, 0.2) is 0 Å². The molecular formula is C18H16N4O3S. The summed E-state index contributed by atoms with van der Waals surface area (Å²) < 4.78 is 0. The second-order valence-electron chi connectivity index (χ2n) is 5.65. The topological polar surface area (TPSA) is 95.7 Å². The maximum Gasteiger partial charge on any atom is 0.269 e. The van der Waals surface area contributed by atoms with Crippen molar-refractivity contribution in [3.8, 4) is 0 Å². The molecule has 1 atom stereocenters. The number of primary amides is 1. The summed E-state index contributed by atoms with van der Waals surface area (Å²) in [6, 6.07) is 16.3. The van der Waals surface area contributed by atoms with Crippen molar-refractivity contribution in [1.29, 1.82) is 0 Å². The first-order valence-corrected chi connectivity index (χ1v) is 8.26. The van der Waals surface area contributed by atoms with Crippen LogP contribution >= 0.6 is 12.2 Å². The number of nitrogens with two attached hydrogens (primary N) is 1. The molecule has 0 bridgehead atoms. The van der Waals surface area contributed by atoms with Crippen molar-refractivity contribution in [2.75, 3.05) is 4.90 Å². The number of nitrogens with zero attached hydrogens (tertiary/aromatic N) is 2. The van der Waals surface area contributed by atoms with E-state index in [1.807, 2.05) is 6.07 Å². The fourth-order valence-corrected chi connectivity index (χ4v) is 3.04. The highest BCUT2D eigenvalue weighted by atomic mass is 32.1. The molecule has 1 aliphatic heterocycles. The predicted octanol–water partition coefficient (Wildman–Crippen LogP) is 1.21. The van der Waals surface area contributed by atoms with E-state index in [0.717, 1.165) is 0 Å². The van der Waals surface area contributed by atoms with E-state index in [0.29, 0.717) is 11.3 Å². The summed E-state index contributed by atoms with van der Waals surface area (Å²) in [5, 5.41) is 1.31. The first kappa shape index (κ1) is 17.6. The van der Waals surface area contributed by atoms with E-state index in [2.05, 4.69) is 5.43 Å². The molecule has 3 N–H and O–H groups in total. The first-order valence-electron chi connectivity index (χ1n) is 7.85. The Kier molecular flexibility index (Phi) is 4.94. The number of para-hydroxylation sites is 1. The van der Waals surface area contributed by atoms with Crippen molar-refractivity contribution in [3.63, 3.8) is 0 Å². The molecule has 1 aliphatic rings. The highest BCUT2D eigenvalue weighted by Crippen LogP contribution is 2.25.